The van der Waals surface area contributed by atoms with E-state index in [2.05, 4.69) is 29.1 Å². The molecule has 2 aromatic heterocycles. The topological polar surface area (TPSA) is 59.8 Å². The van der Waals surface area contributed by atoms with Crippen LogP contribution in [-0.2, 0) is 7.05 Å². The van der Waals surface area contributed by atoms with Gasteiger partial charge in [0.1, 0.15) is 11.5 Å². The lowest BCUT2D eigenvalue weighted by atomic mass is 10.0. The van der Waals surface area contributed by atoms with Crippen molar-refractivity contribution in [2.45, 2.75) is 26.8 Å². The zero-order valence-corrected chi connectivity index (χ0v) is 12.3. The molecule has 5 heteroatoms. The molecule has 20 heavy (non-hydrogen) atoms. The molecule has 0 saturated heterocycles. The molecule has 0 saturated carbocycles. The van der Waals surface area contributed by atoms with E-state index in [4.69, 9.17) is 0 Å². The number of carbonyl (C=O) groups is 1. The maximum Gasteiger partial charge on any atom is 0.270 e. The molecular formula is C15H20N4O. The molecule has 0 aliphatic carbocycles. The molecule has 1 amide bonds. The number of aromatic nitrogens is 3. The van der Waals surface area contributed by atoms with E-state index in [1.165, 1.54) is 0 Å². The number of carbonyl (C=O) groups excluding carboxylic acids is 1. The van der Waals surface area contributed by atoms with Gasteiger partial charge in [-0.2, -0.15) is 0 Å². The van der Waals surface area contributed by atoms with Gasteiger partial charge in [0.2, 0.25) is 0 Å². The van der Waals surface area contributed by atoms with Crippen molar-refractivity contribution < 1.29 is 4.79 Å². The number of imidazole rings is 1. The third kappa shape index (κ3) is 2.87. The zero-order valence-electron chi connectivity index (χ0n) is 12.3. The molecule has 2 rings (SSSR count). The summed E-state index contributed by atoms with van der Waals surface area (Å²) in [6, 6.07) is 3.57. The molecule has 0 unspecified atom stereocenters. The van der Waals surface area contributed by atoms with Crippen molar-refractivity contribution >= 4 is 5.91 Å². The lowest BCUT2D eigenvalue weighted by Gasteiger charge is -2.22. The van der Waals surface area contributed by atoms with E-state index in [0.717, 1.165) is 11.4 Å². The highest BCUT2D eigenvalue weighted by Gasteiger charge is 2.23. The van der Waals surface area contributed by atoms with E-state index >= 15 is 0 Å². The van der Waals surface area contributed by atoms with E-state index in [9.17, 15) is 4.79 Å². The summed E-state index contributed by atoms with van der Waals surface area (Å²) in [5.74, 6) is 0.927. The molecule has 0 aliphatic heterocycles. The Balaban J connectivity index is 2.24. The van der Waals surface area contributed by atoms with Crippen molar-refractivity contribution in [1.29, 1.82) is 0 Å². The summed E-state index contributed by atoms with van der Waals surface area (Å²) in [5, 5.41) is 3.03. The van der Waals surface area contributed by atoms with Crippen LogP contribution in [0, 0.1) is 12.8 Å². The van der Waals surface area contributed by atoms with Crippen LogP contribution in [0.1, 0.15) is 41.8 Å². The van der Waals surface area contributed by atoms with Gasteiger partial charge in [-0.15, -0.1) is 0 Å². The van der Waals surface area contributed by atoms with Crippen molar-refractivity contribution in [2.24, 2.45) is 13.0 Å². The van der Waals surface area contributed by atoms with Gasteiger partial charge in [0.25, 0.3) is 5.91 Å². The van der Waals surface area contributed by atoms with E-state index in [1.807, 2.05) is 36.9 Å². The number of hydrogen-bond acceptors (Lipinski definition) is 3. The minimum Gasteiger partial charge on any atom is -0.340 e. The first-order valence-corrected chi connectivity index (χ1v) is 6.70. The normalized spacial score (nSPS) is 12.4. The van der Waals surface area contributed by atoms with Gasteiger partial charge < -0.3 is 9.88 Å². The number of pyridine rings is 1. The molecule has 0 fully saturated rings. The van der Waals surface area contributed by atoms with Gasteiger partial charge in [-0.05, 0) is 24.5 Å². The maximum absolute atomic E-state index is 12.4. The summed E-state index contributed by atoms with van der Waals surface area (Å²) in [4.78, 5) is 20.9. The van der Waals surface area contributed by atoms with Crippen LogP contribution < -0.4 is 5.32 Å². The van der Waals surface area contributed by atoms with E-state index in [1.54, 1.807) is 12.4 Å². The highest BCUT2D eigenvalue weighted by molar-refractivity contribution is 5.93. The quantitative estimate of drug-likeness (QED) is 0.928. The molecule has 2 aromatic rings. The van der Waals surface area contributed by atoms with Crippen LogP contribution in [0.2, 0.25) is 0 Å². The SMILES string of the molecule is Cc1cccnc1C(=O)N[C@H](c1nccn1C)C(C)C. The first-order valence-electron chi connectivity index (χ1n) is 6.70. The summed E-state index contributed by atoms with van der Waals surface area (Å²) in [6.45, 7) is 6.00. The average molecular weight is 272 g/mol. The number of rotatable bonds is 4. The first kappa shape index (κ1) is 14.2. The second-order valence-electron chi connectivity index (χ2n) is 5.26. The first-order chi connectivity index (χ1) is 9.50. The van der Waals surface area contributed by atoms with Gasteiger partial charge in [-0.25, -0.2) is 4.98 Å². The average Bonchev–Trinajstić information content (AvgIpc) is 2.82. The molecule has 106 valence electrons. The molecule has 0 aromatic carbocycles. The summed E-state index contributed by atoms with van der Waals surface area (Å²) in [7, 11) is 1.93. The van der Waals surface area contributed by atoms with Gasteiger partial charge in [0.15, 0.2) is 0 Å². The second kappa shape index (κ2) is 5.86. The lowest BCUT2D eigenvalue weighted by molar-refractivity contribution is 0.0916. The Morgan fingerprint density at radius 1 is 1.30 bits per heavy atom. The Morgan fingerprint density at radius 2 is 2.05 bits per heavy atom. The van der Waals surface area contributed by atoms with Crippen molar-refractivity contribution in [1.82, 2.24) is 19.9 Å². The lowest BCUT2D eigenvalue weighted by Crippen LogP contribution is -2.34. The summed E-state index contributed by atoms with van der Waals surface area (Å²) in [6.07, 6.45) is 5.25. The predicted octanol–water partition coefficient (Wildman–Crippen LogP) is 2.25. The maximum atomic E-state index is 12.4. The third-order valence-electron chi connectivity index (χ3n) is 3.31. The van der Waals surface area contributed by atoms with Crippen molar-refractivity contribution in [3.8, 4) is 0 Å². The number of aryl methyl sites for hydroxylation is 2. The van der Waals surface area contributed by atoms with Gasteiger partial charge in [-0.3, -0.25) is 9.78 Å². The van der Waals surface area contributed by atoms with Gasteiger partial charge in [-0.1, -0.05) is 19.9 Å². The Bertz CT molecular complexity index is 603. The second-order valence-corrected chi connectivity index (χ2v) is 5.26. The van der Waals surface area contributed by atoms with E-state index in [0.29, 0.717) is 5.69 Å². The molecule has 0 aliphatic rings. The number of nitrogens with one attached hydrogen (secondary N) is 1. The fraction of sp³-hybridized carbons (Fsp3) is 0.400. The van der Waals surface area contributed by atoms with Gasteiger partial charge >= 0.3 is 0 Å². The summed E-state index contributed by atoms with van der Waals surface area (Å²) < 4.78 is 1.93. The van der Waals surface area contributed by atoms with E-state index in [-0.39, 0.29) is 17.9 Å². The third-order valence-corrected chi connectivity index (χ3v) is 3.31. The summed E-state index contributed by atoms with van der Waals surface area (Å²) >= 11 is 0. The minimum atomic E-state index is -0.162. The molecule has 2 heterocycles. The molecule has 5 nitrogen and oxygen atoms in total. The number of amides is 1. The number of nitrogens with zero attached hydrogens (tertiary/aromatic N) is 3. The van der Waals surface area contributed by atoms with Crippen molar-refractivity contribution in [2.75, 3.05) is 0 Å². The highest BCUT2D eigenvalue weighted by atomic mass is 16.2. The Morgan fingerprint density at radius 3 is 2.60 bits per heavy atom. The Kier molecular flexibility index (Phi) is 4.17. The molecule has 0 radical (unpaired) electrons. The van der Waals surface area contributed by atoms with Crippen molar-refractivity contribution in [3.63, 3.8) is 0 Å². The molecular weight excluding hydrogens is 252 g/mol. The van der Waals surface area contributed by atoms with Crippen LogP contribution in [0.15, 0.2) is 30.7 Å². The monoisotopic (exact) mass is 272 g/mol. The van der Waals surface area contributed by atoms with Crippen LogP contribution >= 0.6 is 0 Å². The zero-order chi connectivity index (χ0) is 14.7. The molecule has 1 N–H and O–H groups in total. The van der Waals surface area contributed by atoms with Gasteiger partial charge in [0.05, 0.1) is 6.04 Å². The molecule has 0 bridgehead atoms. The van der Waals surface area contributed by atoms with Crippen LogP contribution in [0.4, 0.5) is 0 Å². The molecule has 0 spiro atoms. The number of hydrogen-bond donors (Lipinski definition) is 1. The van der Waals surface area contributed by atoms with Gasteiger partial charge in [0, 0.05) is 25.6 Å². The van der Waals surface area contributed by atoms with Crippen LogP contribution in [0.3, 0.4) is 0 Å². The van der Waals surface area contributed by atoms with E-state index < -0.39 is 0 Å². The fourth-order valence-electron chi connectivity index (χ4n) is 2.14. The van der Waals surface area contributed by atoms with Crippen LogP contribution in [-0.4, -0.2) is 20.4 Å². The predicted molar refractivity (Wildman–Crippen MR) is 77.2 cm³/mol. The Labute approximate surface area is 119 Å². The minimum absolute atomic E-state index is 0.135. The largest absolute Gasteiger partial charge is 0.340 e. The standard InChI is InChI=1S/C15H20N4O/c1-10(2)12(14-17-8-9-19(14)4)18-15(20)13-11(3)6-5-7-16-13/h5-10,12H,1-4H3,(H,18,20)/t12-/m0/s1. The fourth-order valence-corrected chi connectivity index (χ4v) is 2.14. The van der Waals surface area contributed by atoms with Crippen molar-refractivity contribution in [3.05, 3.63) is 47.8 Å². The highest BCUT2D eigenvalue weighted by Crippen LogP contribution is 2.20. The van der Waals surface area contributed by atoms with Crippen LogP contribution in [0.25, 0.3) is 0 Å². The Hall–Kier alpha value is -2.17. The summed E-state index contributed by atoms with van der Waals surface area (Å²) in [5.41, 5.74) is 1.33. The smallest absolute Gasteiger partial charge is 0.270 e. The van der Waals surface area contributed by atoms with Crippen LogP contribution in [0.5, 0.6) is 0 Å². The molecule has 1 atom stereocenters.